The van der Waals surface area contributed by atoms with Gasteiger partial charge in [-0.3, -0.25) is 4.79 Å². The van der Waals surface area contributed by atoms with E-state index in [1.807, 2.05) is 0 Å². The molecular formula is C14H20N2O3. The fraction of sp³-hybridized carbons (Fsp3) is 0.500. The zero-order valence-corrected chi connectivity index (χ0v) is 11.1. The van der Waals surface area contributed by atoms with Crippen LogP contribution in [0.4, 0.5) is 5.69 Å². The molecule has 1 fully saturated rings. The number of hydrogen-bond acceptors (Lipinski definition) is 4. The summed E-state index contributed by atoms with van der Waals surface area (Å²) in [6.45, 7) is 1.43. The minimum atomic E-state index is -0.0812. The molecule has 104 valence electrons. The number of carbonyl (C=O) groups is 1. The number of carbonyl (C=O) groups excluding carboxylic acids is 1. The van der Waals surface area contributed by atoms with Gasteiger partial charge in [-0.05, 0) is 37.0 Å². The molecule has 1 unspecified atom stereocenters. The Bertz CT molecular complexity index is 462. The number of methoxy groups -OCH3 is 1. The number of rotatable bonds is 3. The van der Waals surface area contributed by atoms with Crippen molar-refractivity contribution in [1.82, 2.24) is 4.90 Å². The van der Waals surface area contributed by atoms with Crippen LogP contribution in [-0.4, -0.2) is 42.7 Å². The first-order chi connectivity index (χ1) is 9.15. The van der Waals surface area contributed by atoms with Gasteiger partial charge in [0.1, 0.15) is 5.75 Å². The van der Waals surface area contributed by atoms with Crippen LogP contribution < -0.4 is 10.5 Å². The first-order valence-corrected chi connectivity index (χ1v) is 6.49. The summed E-state index contributed by atoms with van der Waals surface area (Å²) in [5, 5.41) is 9.22. The number of piperidine rings is 1. The summed E-state index contributed by atoms with van der Waals surface area (Å²) >= 11 is 0. The minimum absolute atomic E-state index is 0.0812. The Hall–Kier alpha value is -1.75. The number of ether oxygens (including phenoxy) is 1. The molecule has 0 saturated carbocycles. The molecule has 5 heteroatoms. The van der Waals surface area contributed by atoms with Gasteiger partial charge in [-0.2, -0.15) is 0 Å². The second kappa shape index (κ2) is 5.93. The van der Waals surface area contributed by atoms with E-state index >= 15 is 0 Å². The maximum absolute atomic E-state index is 12.5. The quantitative estimate of drug-likeness (QED) is 0.802. The first kappa shape index (κ1) is 13.7. The number of nitrogen functional groups attached to an aromatic ring is 1. The smallest absolute Gasteiger partial charge is 0.257 e. The largest absolute Gasteiger partial charge is 0.496 e. The van der Waals surface area contributed by atoms with E-state index in [0.29, 0.717) is 30.1 Å². The summed E-state index contributed by atoms with van der Waals surface area (Å²) in [4.78, 5) is 14.3. The van der Waals surface area contributed by atoms with Gasteiger partial charge < -0.3 is 20.5 Å². The van der Waals surface area contributed by atoms with Crippen LogP contribution in [-0.2, 0) is 0 Å². The van der Waals surface area contributed by atoms with Crippen molar-refractivity contribution in [2.45, 2.75) is 12.8 Å². The molecule has 1 aromatic carbocycles. The average Bonchev–Trinajstić information content (AvgIpc) is 2.46. The molecule has 1 aliphatic rings. The van der Waals surface area contributed by atoms with Crippen molar-refractivity contribution in [3.63, 3.8) is 0 Å². The van der Waals surface area contributed by atoms with Gasteiger partial charge in [0.05, 0.1) is 12.7 Å². The molecule has 1 heterocycles. The molecule has 1 amide bonds. The lowest BCUT2D eigenvalue weighted by Gasteiger charge is -2.32. The van der Waals surface area contributed by atoms with E-state index in [9.17, 15) is 9.90 Å². The summed E-state index contributed by atoms with van der Waals surface area (Å²) in [5.41, 5.74) is 6.77. The van der Waals surface area contributed by atoms with Gasteiger partial charge >= 0.3 is 0 Å². The second-order valence-electron chi connectivity index (χ2n) is 4.90. The highest BCUT2D eigenvalue weighted by atomic mass is 16.5. The number of amides is 1. The molecule has 1 atom stereocenters. The molecule has 1 saturated heterocycles. The van der Waals surface area contributed by atoms with Gasteiger partial charge in [0.15, 0.2) is 0 Å². The molecule has 0 bridgehead atoms. The Balaban J connectivity index is 2.21. The van der Waals surface area contributed by atoms with Crippen molar-refractivity contribution < 1.29 is 14.6 Å². The Kier molecular flexibility index (Phi) is 4.27. The molecule has 0 spiro atoms. The van der Waals surface area contributed by atoms with E-state index in [1.54, 1.807) is 23.1 Å². The standard InChI is InChI=1S/C14H20N2O3/c1-19-13-5-4-11(15)7-12(13)14(18)16-6-2-3-10(8-16)9-17/h4-5,7,10,17H,2-3,6,8-9,15H2,1H3. The topological polar surface area (TPSA) is 75.8 Å². The average molecular weight is 264 g/mol. The van der Waals surface area contributed by atoms with Crippen molar-refractivity contribution in [3.05, 3.63) is 23.8 Å². The number of nitrogens with zero attached hydrogens (tertiary/aromatic N) is 1. The number of aliphatic hydroxyl groups excluding tert-OH is 1. The van der Waals surface area contributed by atoms with Crippen LogP contribution in [0.2, 0.25) is 0 Å². The first-order valence-electron chi connectivity index (χ1n) is 6.49. The fourth-order valence-corrected chi connectivity index (χ4v) is 2.46. The molecule has 0 aromatic heterocycles. The third-order valence-corrected chi connectivity index (χ3v) is 3.52. The molecule has 5 nitrogen and oxygen atoms in total. The zero-order valence-electron chi connectivity index (χ0n) is 11.1. The van der Waals surface area contributed by atoms with Gasteiger partial charge in [0.2, 0.25) is 0 Å². The normalized spacial score (nSPS) is 19.3. The third kappa shape index (κ3) is 2.98. The lowest BCUT2D eigenvalue weighted by molar-refractivity contribution is 0.0617. The highest BCUT2D eigenvalue weighted by Crippen LogP contribution is 2.25. The summed E-state index contributed by atoms with van der Waals surface area (Å²) in [6, 6.07) is 5.06. The van der Waals surface area contributed by atoms with Gasteiger partial charge in [0, 0.05) is 25.4 Å². The molecule has 1 aliphatic heterocycles. The molecule has 0 aliphatic carbocycles. The predicted molar refractivity (Wildman–Crippen MR) is 73.1 cm³/mol. The van der Waals surface area contributed by atoms with Crippen LogP contribution >= 0.6 is 0 Å². The minimum Gasteiger partial charge on any atom is -0.496 e. The summed E-state index contributed by atoms with van der Waals surface area (Å²) < 4.78 is 5.21. The van der Waals surface area contributed by atoms with Crippen LogP contribution in [0.15, 0.2) is 18.2 Å². The number of likely N-dealkylation sites (tertiary alicyclic amines) is 1. The third-order valence-electron chi connectivity index (χ3n) is 3.52. The molecule has 3 N–H and O–H groups in total. The van der Waals surface area contributed by atoms with E-state index in [-0.39, 0.29) is 18.4 Å². The number of hydrogen-bond donors (Lipinski definition) is 2. The number of nitrogens with two attached hydrogens (primary N) is 1. The van der Waals surface area contributed by atoms with Gasteiger partial charge in [-0.1, -0.05) is 0 Å². The second-order valence-corrected chi connectivity index (χ2v) is 4.90. The van der Waals surface area contributed by atoms with Gasteiger partial charge in [0.25, 0.3) is 5.91 Å². The highest BCUT2D eigenvalue weighted by Gasteiger charge is 2.25. The zero-order chi connectivity index (χ0) is 13.8. The van der Waals surface area contributed by atoms with E-state index in [1.165, 1.54) is 7.11 Å². The van der Waals surface area contributed by atoms with Crippen LogP contribution in [0.3, 0.4) is 0 Å². The van der Waals surface area contributed by atoms with Crippen molar-refractivity contribution in [2.75, 3.05) is 32.5 Å². The summed E-state index contributed by atoms with van der Waals surface area (Å²) in [6.07, 6.45) is 1.88. The summed E-state index contributed by atoms with van der Waals surface area (Å²) in [5.74, 6) is 0.623. The molecule has 0 radical (unpaired) electrons. The van der Waals surface area contributed by atoms with Crippen LogP contribution in [0, 0.1) is 5.92 Å². The number of benzene rings is 1. The molecular weight excluding hydrogens is 244 g/mol. The summed E-state index contributed by atoms with van der Waals surface area (Å²) in [7, 11) is 1.54. The molecule has 1 aromatic rings. The van der Waals surface area contributed by atoms with Gasteiger partial charge in [-0.25, -0.2) is 0 Å². The SMILES string of the molecule is COc1ccc(N)cc1C(=O)N1CCCC(CO)C1. The van der Waals surface area contributed by atoms with E-state index in [2.05, 4.69) is 0 Å². The molecule has 19 heavy (non-hydrogen) atoms. The van der Waals surface area contributed by atoms with E-state index in [0.717, 1.165) is 12.8 Å². The van der Waals surface area contributed by atoms with Crippen LogP contribution in [0.5, 0.6) is 5.75 Å². The lowest BCUT2D eigenvalue weighted by atomic mass is 9.98. The van der Waals surface area contributed by atoms with Crippen molar-refractivity contribution in [3.8, 4) is 5.75 Å². The van der Waals surface area contributed by atoms with Crippen molar-refractivity contribution >= 4 is 11.6 Å². The maximum Gasteiger partial charge on any atom is 0.257 e. The van der Waals surface area contributed by atoms with E-state index < -0.39 is 0 Å². The maximum atomic E-state index is 12.5. The predicted octanol–water partition coefficient (Wildman–Crippen LogP) is 1.12. The molecule has 2 rings (SSSR count). The van der Waals surface area contributed by atoms with Crippen LogP contribution in [0.1, 0.15) is 23.2 Å². The lowest BCUT2D eigenvalue weighted by Crippen LogP contribution is -2.41. The Morgan fingerprint density at radius 3 is 3.05 bits per heavy atom. The van der Waals surface area contributed by atoms with Crippen molar-refractivity contribution in [2.24, 2.45) is 5.92 Å². The monoisotopic (exact) mass is 264 g/mol. The fourth-order valence-electron chi connectivity index (χ4n) is 2.46. The van der Waals surface area contributed by atoms with Gasteiger partial charge in [-0.15, -0.1) is 0 Å². The van der Waals surface area contributed by atoms with E-state index in [4.69, 9.17) is 10.5 Å². The van der Waals surface area contributed by atoms with Crippen molar-refractivity contribution in [1.29, 1.82) is 0 Å². The Morgan fingerprint density at radius 2 is 2.37 bits per heavy atom. The highest BCUT2D eigenvalue weighted by molar-refractivity contribution is 5.97. The Morgan fingerprint density at radius 1 is 1.58 bits per heavy atom. The van der Waals surface area contributed by atoms with Crippen LogP contribution in [0.25, 0.3) is 0 Å². The number of anilines is 1. The number of aliphatic hydroxyl groups is 1. The Labute approximate surface area is 113 Å².